The molecular formula is C30H22ClF3N4O4S. The van der Waals surface area contributed by atoms with E-state index in [1.165, 1.54) is 32.4 Å². The van der Waals surface area contributed by atoms with E-state index >= 15 is 0 Å². The molecule has 0 aliphatic carbocycles. The molecule has 1 amide bonds. The van der Waals surface area contributed by atoms with Gasteiger partial charge in [-0.15, -0.1) is 11.3 Å². The number of hydrogen-bond donors (Lipinski definition) is 1. The first-order valence-electron chi connectivity index (χ1n) is 12.9. The van der Waals surface area contributed by atoms with Gasteiger partial charge in [-0.05, 0) is 60.2 Å². The number of nitrogens with zero attached hydrogens (tertiary/aromatic N) is 4. The lowest BCUT2D eigenvalue weighted by Gasteiger charge is -2.21. The highest BCUT2D eigenvalue weighted by atomic mass is 35.5. The summed E-state index contributed by atoms with van der Waals surface area (Å²) in [7, 11) is 3.01. The number of phenols is 1. The summed E-state index contributed by atoms with van der Waals surface area (Å²) in [5.74, 6) is 0.169. The van der Waals surface area contributed by atoms with Crippen LogP contribution in [0.3, 0.4) is 0 Å². The van der Waals surface area contributed by atoms with Gasteiger partial charge in [-0.2, -0.15) is 23.4 Å². The van der Waals surface area contributed by atoms with Crippen LogP contribution in [0.25, 0.3) is 16.0 Å². The van der Waals surface area contributed by atoms with Gasteiger partial charge in [-0.1, -0.05) is 29.8 Å². The number of halogens is 4. The number of aromatic hydroxyl groups is 1. The number of benzene rings is 2. The molecule has 0 saturated heterocycles. The second-order valence-corrected chi connectivity index (χ2v) is 11.4. The van der Waals surface area contributed by atoms with Crippen LogP contribution in [-0.2, 0) is 6.18 Å². The van der Waals surface area contributed by atoms with Gasteiger partial charge in [0.25, 0.3) is 5.91 Å². The predicted molar refractivity (Wildman–Crippen MR) is 156 cm³/mol. The summed E-state index contributed by atoms with van der Waals surface area (Å²) in [6.07, 6.45) is -4.55. The number of carbonyl (C=O) groups excluding carboxylic acids is 1. The number of phenolic OH excluding ortho intramolecular Hbond substituents is 1. The van der Waals surface area contributed by atoms with Crippen LogP contribution in [-0.4, -0.2) is 45.6 Å². The summed E-state index contributed by atoms with van der Waals surface area (Å²) in [4.78, 5) is 14.5. The first kappa shape index (κ1) is 28.6. The number of pyridine rings is 1. The standard InChI is InChI=1S/C30H22ClF3N4O4S/c1-41-24-8-7-16(12-25(24)42-2)20-15-22(19-5-3-4-6-23(19)39)38(35-20)29(40)21-14-18-11-17(26-9-10-28(31)43-26)13-27(30(32,33)34)37(18)36-21/h3-14,22,39H,15H2,1-2H3/t22-/m1/s1. The average Bonchev–Trinajstić information content (AvgIpc) is 3.74. The molecule has 0 saturated carbocycles. The molecule has 0 bridgehead atoms. The lowest BCUT2D eigenvalue weighted by Crippen LogP contribution is -2.27. The maximum Gasteiger partial charge on any atom is 0.433 e. The van der Waals surface area contributed by atoms with Gasteiger partial charge in [0, 0.05) is 22.4 Å². The molecule has 6 rings (SSSR count). The Balaban J connectivity index is 1.46. The first-order valence-corrected chi connectivity index (χ1v) is 14.0. The van der Waals surface area contributed by atoms with Gasteiger partial charge < -0.3 is 14.6 Å². The Labute approximate surface area is 252 Å². The minimum atomic E-state index is -4.76. The second kappa shape index (κ2) is 10.9. The number of alkyl halides is 3. The van der Waals surface area contributed by atoms with E-state index in [2.05, 4.69) is 10.2 Å². The molecule has 0 unspecified atom stereocenters. The molecule has 220 valence electrons. The molecule has 0 radical (unpaired) electrons. The number of hydrazone groups is 1. The van der Waals surface area contributed by atoms with Crippen molar-refractivity contribution in [2.24, 2.45) is 5.10 Å². The van der Waals surface area contributed by atoms with Gasteiger partial charge >= 0.3 is 6.18 Å². The van der Waals surface area contributed by atoms with Crippen molar-refractivity contribution in [1.29, 1.82) is 0 Å². The van der Waals surface area contributed by atoms with Gasteiger partial charge in [0.2, 0.25) is 0 Å². The zero-order chi connectivity index (χ0) is 30.5. The van der Waals surface area contributed by atoms with E-state index in [4.69, 9.17) is 21.1 Å². The van der Waals surface area contributed by atoms with Gasteiger partial charge in [0.1, 0.15) is 11.4 Å². The molecule has 0 spiro atoms. The molecular weight excluding hydrogens is 605 g/mol. The fourth-order valence-electron chi connectivity index (χ4n) is 5.04. The van der Waals surface area contributed by atoms with Crippen molar-refractivity contribution >= 4 is 40.1 Å². The first-order chi connectivity index (χ1) is 20.6. The molecule has 2 aromatic carbocycles. The van der Waals surface area contributed by atoms with Crippen molar-refractivity contribution in [3.05, 3.63) is 99.6 Å². The van der Waals surface area contributed by atoms with Crippen molar-refractivity contribution in [3.8, 4) is 27.7 Å². The number of methoxy groups -OCH3 is 2. The van der Waals surface area contributed by atoms with Gasteiger partial charge in [0.05, 0.1) is 35.8 Å². The Morgan fingerprint density at radius 1 is 1.00 bits per heavy atom. The quantitative estimate of drug-likeness (QED) is 0.212. The minimum Gasteiger partial charge on any atom is -0.508 e. The third kappa shape index (κ3) is 5.28. The van der Waals surface area contributed by atoms with E-state index in [0.29, 0.717) is 42.1 Å². The van der Waals surface area contributed by atoms with Crippen molar-refractivity contribution in [1.82, 2.24) is 14.6 Å². The number of ether oxygens (including phenoxy) is 2. The minimum absolute atomic E-state index is 0.0531. The van der Waals surface area contributed by atoms with Crippen LogP contribution in [0, 0.1) is 0 Å². The van der Waals surface area contributed by atoms with Crippen LogP contribution in [0.4, 0.5) is 13.2 Å². The SMILES string of the molecule is COc1ccc(C2=NN(C(=O)c3cc4cc(-c5ccc(Cl)s5)cc(C(F)(F)F)n4n3)[C@@H](c3ccccc3O)C2)cc1OC. The maximum atomic E-state index is 14.2. The van der Waals surface area contributed by atoms with Crippen molar-refractivity contribution in [3.63, 3.8) is 0 Å². The molecule has 3 aromatic heterocycles. The fraction of sp³-hybridized carbons (Fsp3) is 0.167. The zero-order valence-corrected chi connectivity index (χ0v) is 24.2. The lowest BCUT2D eigenvalue weighted by molar-refractivity contribution is -0.142. The molecule has 8 nitrogen and oxygen atoms in total. The van der Waals surface area contributed by atoms with Crippen LogP contribution in [0.15, 0.2) is 77.9 Å². The summed E-state index contributed by atoms with van der Waals surface area (Å²) in [5, 5.41) is 20.5. The van der Waals surface area contributed by atoms with Crippen molar-refractivity contribution in [2.45, 2.75) is 18.6 Å². The summed E-state index contributed by atoms with van der Waals surface area (Å²) in [6, 6.07) is 18.0. The molecule has 4 heterocycles. The smallest absolute Gasteiger partial charge is 0.433 e. The number of carbonyl (C=O) groups is 1. The van der Waals surface area contributed by atoms with Gasteiger partial charge in [-0.25, -0.2) is 9.52 Å². The van der Waals surface area contributed by atoms with Crippen LogP contribution >= 0.6 is 22.9 Å². The van der Waals surface area contributed by atoms with Crippen molar-refractivity contribution in [2.75, 3.05) is 14.2 Å². The maximum absolute atomic E-state index is 14.2. The Morgan fingerprint density at radius 2 is 1.77 bits per heavy atom. The third-order valence-corrected chi connectivity index (χ3v) is 8.34. The molecule has 1 aliphatic heterocycles. The predicted octanol–water partition coefficient (Wildman–Crippen LogP) is 7.45. The number of para-hydroxylation sites is 1. The number of hydrogen-bond acceptors (Lipinski definition) is 7. The molecule has 1 aliphatic rings. The third-order valence-electron chi connectivity index (χ3n) is 7.06. The Kier molecular flexibility index (Phi) is 7.26. The van der Waals surface area contributed by atoms with E-state index < -0.39 is 23.8 Å². The highest BCUT2D eigenvalue weighted by Crippen LogP contribution is 2.40. The average molecular weight is 627 g/mol. The Hall–Kier alpha value is -4.55. The lowest BCUT2D eigenvalue weighted by atomic mass is 9.97. The van der Waals surface area contributed by atoms with Crippen molar-refractivity contribution < 1.29 is 32.5 Å². The molecule has 1 N–H and O–H groups in total. The Bertz CT molecular complexity index is 1900. The molecule has 5 aromatic rings. The summed E-state index contributed by atoms with van der Waals surface area (Å²) < 4.78 is 54.4. The van der Waals surface area contributed by atoms with Gasteiger partial charge in [0.15, 0.2) is 17.2 Å². The normalized spacial score (nSPS) is 15.2. The highest BCUT2D eigenvalue weighted by Gasteiger charge is 2.38. The molecule has 1 atom stereocenters. The van der Waals surface area contributed by atoms with Gasteiger partial charge in [-0.3, -0.25) is 4.79 Å². The number of rotatable bonds is 6. The van der Waals surface area contributed by atoms with Crippen LogP contribution in [0.2, 0.25) is 4.34 Å². The van der Waals surface area contributed by atoms with Crippen LogP contribution < -0.4 is 9.47 Å². The summed E-state index contributed by atoms with van der Waals surface area (Å²) in [5.41, 5.74) is 0.631. The number of amides is 1. The van der Waals surface area contributed by atoms with Crippen LogP contribution in [0.5, 0.6) is 17.2 Å². The second-order valence-electron chi connectivity index (χ2n) is 9.64. The summed E-state index contributed by atoms with van der Waals surface area (Å²) >= 11 is 7.16. The van der Waals surface area contributed by atoms with E-state index in [9.17, 15) is 23.1 Å². The van der Waals surface area contributed by atoms with Crippen LogP contribution in [0.1, 0.15) is 39.8 Å². The number of aromatic nitrogens is 2. The molecule has 43 heavy (non-hydrogen) atoms. The Morgan fingerprint density at radius 3 is 2.44 bits per heavy atom. The van der Waals surface area contributed by atoms with E-state index in [0.717, 1.165) is 22.4 Å². The summed E-state index contributed by atoms with van der Waals surface area (Å²) in [6.45, 7) is 0. The highest BCUT2D eigenvalue weighted by molar-refractivity contribution is 7.19. The van der Waals surface area contributed by atoms with E-state index in [1.807, 2.05) is 0 Å². The number of fused-ring (bicyclic) bond motifs is 1. The molecule has 0 fully saturated rings. The zero-order valence-electron chi connectivity index (χ0n) is 22.6. The number of thiophene rings is 1. The topological polar surface area (TPSA) is 88.7 Å². The van der Waals surface area contributed by atoms with E-state index in [1.54, 1.807) is 48.5 Å². The van der Waals surface area contributed by atoms with E-state index in [-0.39, 0.29) is 28.9 Å². The monoisotopic (exact) mass is 626 g/mol. The molecule has 13 heteroatoms. The fourth-order valence-corrected chi connectivity index (χ4v) is 6.07. The largest absolute Gasteiger partial charge is 0.508 e.